The standard InChI is InChI=1S/C26H23N5O3S/c1-2-34-25(33)24-23-15(13-28-24)21(22-18(29-23)8-5-9-19(22)32)14-10-11-27-20(12-14)35-26-30-16-6-3-4-7-17(16)31-26/h3-4,6-7,10-13,21,28-29H,2,5,8-9H2,1H3,(H,30,31). The highest BCUT2D eigenvalue weighted by Gasteiger charge is 2.38. The van der Waals surface area contributed by atoms with Gasteiger partial charge in [0.15, 0.2) is 10.9 Å². The van der Waals surface area contributed by atoms with Gasteiger partial charge in [-0.1, -0.05) is 12.1 Å². The summed E-state index contributed by atoms with van der Waals surface area (Å²) in [5.41, 5.74) is 6.38. The average Bonchev–Trinajstić information content (AvgIpc) is 3.46. The Kier molecular flexibility index (Phi) is 5.41. The molecular weight excluding hydrogens is 462 g/mol. The van der Waals surface area contributed by atoms with Crippen molar-refractivity contribution < 1.29 is 14.3 Å². The van der Waals surface area contributed by atoms with Crippen LogP contribution in [-0.2, 0) is 9.53 Å². The number of anilines is 1. The second kappa shape index (κ2) is 8.74. The first-order valence-corrected chi connectivity index (χ1v) is 12.4. The average molecular weight is 486 g/mol. The van der Waals surface area contributed by atoms with Crippen molar-refractivity contribution in [2.75, 3.05) is 11.9 Å². The van der Waals surface area contributed by atoms with Crippen molar-refractivity contribution in [1.82, 2.24) is 19.9 Å². The maximum Gasteiger partial charge on any atom is 0.356 e. The molecule has 4 aromatic rings. The van der Waals surface area contributed by atoms with Crippen molar-refractivity contribution in [2.24, 2.45) is 0 Å². The number of esters is 1. The van der Waals surface area contributed by atoms with E-state index >= 15 is 0 Å². The first-order valence-electron chi connectivity index (χ1n) is 11.6. The second-order valence-corrected chi connectivity index (χ2v) is 9.54. The van der Waals surface area contributed by atoms with E-state index in [1.165, 1.54) is 11.8 Å². The zero-order valence-electron chi connectivity index (χ0n) is 19.1. The number of carbonyl (C=O) groups is 2. The van der Waals surface area contributed by atoms with Gasteiger partial charge in [-0.3, -0.25) is 4.79 Å². The Morgan fingerprint density at radius 1 is 1.23 bits per heavy atom. The summed E-state index contributed by atoms with van der Waals surface area (Å²) in [6, 6.07) is 11.8. The van der Waals surface area contributed by atoms with Crippen molar-refractivity contribution in [3.8, 4) is 0 Å². The van der Waals surface area contributed by atoms with Gasteiger partial charge in [0, 0.05) is 41.6 Å². The molecule has 176 valence electrons. The molecule has 0 amide bonds. The van der Waals surface area contributed by atoms with Gasteiger partial charge in [0.25, 0.3) is 0 Å². The van der Waals surface area contributed by atoms with Gasteiger partial charge < -0.3 is 20.0 Å². The summed E-state index contributed by atoms with van der Waals surface area (Å²) < 4.78 is 5.24. The zero-order valence-corrected chi connectivity index (χ0v) is 19.9. The van der Waals surface area contributed by atoms with E-state index in [4.69, 9.17) is 4.74 Å². The zero-order chi connectivity index (χ0) is 23.9. The number of H-pyrrole nitrogens is 2. The minimum absolute atomic E-state index is 0.136. The molecular formula is C26H23N5O3S. The number of allylic oxidation sites excluding steroid dienone is 2. The normalized spacial score (nSPS) is 17.2. The summed E-state index contributed by atoms with van der Waals surface area (Å²) in [5.74, 6) is -0.579. The molecule has 9 heteroatoms. The first-order chi connectivity index (χ1) is 17.1. The van der Waals surface area contributed by atoms with Crippen molar-refractivity contribution in [1.29, 1.82) is 0 Å². The minimum Gasteiger partial charge on any atom is -0.461 e. The van der Waals surface area contributed by atoms with Gasteiger partial charge in [-0.25, -0.2) is 14.8 Å². The van der Waals surface area contributed by atoms with Crippen LogP contribution in [0.2, 0.25) is 0 Å². The fraction of sp³-hybridized carbons (Fsp3) is 0.231. The lowest BCUT2D eigenvalue weighted by molar-refractivity contribution is -0.116. The summed E-state index contributed by atoms with van der Waals surface area (Å²) in [7, 11) is 0. The van der Waals surface area contributed by atoms with Crippen LogP contribution in [0.4, 0.5) is 5.69 Å². The van der Waals surface area contributed by atoms with E-state index in [0.717, 1.165) is 56.5 Å². The fourth-order valence-electron chi connectivity index (χ4n) is 4.88. The number of aromatic amines is 2. The fourth-order valence-corrected chi connectivity index (χ4v) is 5.69. The number of nitrogens with zero attached hydrogens (tertiary/aromatic N) is 2. The highest BCUT2D eigenvalue weighted by molar-refractivity contribution is 7.99. The predicted molar refractivity (Wildman–Crippen MR) is 133 cm³/mol. The molecule has 0 radical (unpaired) electrons. The molecule has 0 bridgehead atoms. The molecule has 1 aliphatic carbocycles. The molecule has 0 saturated heterocycles. The molecule has 3 aromatic heterocycles. The van der Waals surface area contributed by atoms with E-state index in [1.54, 1.807) is 19.3 Å². The number of benzene rings is 1. The number of hydrogen-bond acceptors (Lipinski definition) is 7. The van der Waals surface area contributed by atoms with Crippen LogP contribution in [0, 0.1) is 0 Å². The maximum atomic E-state index is 13.1. The summed E-state index contributed by atoms with van der Waals surface area (Å²) in [6.45, 7) is 2.07. The molecule has 1 atom stereocenters. The molecule has 1 aliphatic heterocycles. The molecule has 0 spiro atoms. The third-order valence-electron chi connectivity index (χ3n) is 6.38. The number of rotatable bonds is 5. The van der Waals surface area contributed by atoms with Gasteiger partial charge in [0.05, 0.1) is 23.3 Å². The highest BCUT2D eigenvalue weighted by Crippen LogP contribution is 2.47. The van der Waals surface area contributed by atoms with Crippen LogP contribution in [-0.4, -0.2) is 38.3 Å². The molecule has 8 nitrogen and oxygen atoms in total. The van der Waals surface area contributed by atoms with Crippen molar-refractivity contribution in [3.05, 3.63) is 76.9 Å². The molecule has 0 saturated carbocycles. The van der Waals surface area contributed by atoms with Crippen LogP contribution in [0.1, 0.15) is 53.7 Å². The number of imidazole rings is 1. The first kappa shape index (κ1) is 21.7. The van der Waals surface area contributed by atoms with Gasteiger partial charge in [0.1, 0.15) is 10.7 Å². The monoisotopic (exact) mass is 485 g/mol. The Hall–Kier alpha value is -3.85. The molecule has 6 rings (SSSR count). The third-order valence-corrected chi connectivity index (χ3v) is 7.20. The summed E-state index contributed by atoms with van der Waals surface area (Å²) in [4.78, 5) is 41.3. The number of fused-ring (bicyclic) bond motifs is 2. The lowest BCUT2D eigenvalue weighted by Gasteiger charge is -2.32. The van der Waals surface area contributed by atoms with Crippen LogP contribution in [0.25, 0.3) is 11.0 Å². The number of aromatic nitrogens is 4. The Balaban J connectivity index is 1.41. The number of carbonyl (C=O) groups excluding carboxylic acids is 2. The molecule has 3 N–H and O–H groups in total. The third kappa shape index (κ3) is 3.81. The van der Waals surface area contributed by atoms with Gasteiger partial charge >= 0.3 is 5.97 Å². The quantitative estimate of drug-likeness (QED) is 0.334. The summed E-state index contributed by atoms with van der Waals surface area (Å²) in [5, 5.41) is 4.90. The summed E-state index contributed by atoms with van der Waals surface area (Å²) in [6.07, 6.45) is 5.63. The van der Waals surface area contributed by atoms with E-state index in [9.17, 15) is 9.59 Å². The topological polar surface area (TPSA) is 113 Å². The highest BCUT2D eigenvalue weighted by atomic mass is 32.2. The number of ketones is 1. The van der Waals surface area contributed by atoms with E-state index in [1.807, 2.05) is 36.4 Å². The van der Waals surface area contributed by atoms with Crippen molar-refractivity contribution in [2.45, 2.75) is 42.3 Å². The molecule has 35 heavy (non-hydrogen) atoms. The molecule has 1 aromatic carbocycles. The van der Waals surface area contributed by atoms with Crippen molar-refractivity contribution >= 4 is 40.2 Å². The Labute approximate surface area is 205 Å². The number of nitrogens with one attached hydrogen (secondary N) is 3. The summed E-state index contributed by atoms with van der Waals surface area (Å²) >= 11 is 1.44. The molecule has 4 heterocycles. The second-order valence-electron chi connectivity index (χ2n) is 8.53. The number of hydrogen-bond donors (Lipinski definition) is 3. The van der Waals surface area contributed by atoms with E-state index in [0.29, 0.717) is 17.8 Å². The lowest BCUT2D eigenvalue weighted by atomic mass is 9.76. The van der Waals surface area contributed by atoms with E-state index in [-0.39, 0.29) is 18.3 Å². The van der Waals surface area contributed by atoms with Gasteiger partial charge in [-0.2, -0.15) is 0 Å². The lowest BCUT2D eigenvalue weighted by Crippen LogP contribution is -2.27. The van der Waals surface area contributed by atoms with Crippen LogP contribution in [0.5, 0.6) is 0 Å². The Bertz CT molecular complexity index is 1470. The maximum absolute atomic E-state index is 13.1. The van der Waals surface area contributed by atoms with Gasteiger partial charge in [0.2, 0.25) is 0 Å². The predicted octanol–water partition coefficient (Wildman–Crippen LogP) is 5.18. The molecule has 2 aliphatic rings. The number of para-hydroxylation sites is 2. The van der Waals surface area contributed by atoms with Gasteiger partial charge in [-0.15, -0.1) is 0 Å². The van der Waals surface area contributed by atoms with E-state index in [2.05, 4.69) is 25.3 Å². The number of pyridine rings is 1. The van der Waals surface area contributed by atoms with Crippen LogP contribution in [0.15, 0.2) is 70.2 Å². The molecule has 1 unspecified atom stereocenters. The minimum atomic E-state index is -0.415. The smallest absolute Gasteiger partial charge is 0.356 e. The Morgan fingerprint density at radius 2 is 2.11 bits per heavy atom. The van der Waals surface area contributed by atoms with Crippen LogP contribution >= 0.6 is 11.8 Å². The van der Waals surface area contributed by atoms with Crippen LogP contribution in [0.3, 0.4) is 0 Å². The van der Waals surface area contributed by atoms with Gasteiger partial charge in [-0.05, 0) is 61.4 Å². The number of Topliss-reactive ketones (excluding diaryl/α,β-unsaturated/α-hetero) is 1. The van der Waals surface area contributed by atoms with E-state index < -0.39 is 5.97 Å². The van der Waals surface area contributed by atoms with Crippen LogP contribution < -0.4 is 5.32 Å². The Morgan fingerprint density at radius 3 is 2.97 bits per heavy atom. The number of ether oxygens (including phenoxy) is 1. The largest absolute Gasteiger partial charge is 0.461 e. The SMILES string of the molecule is CCOC(=O)c1[nH]cc2c1NC1=C(C(=O)CCC1)C2c1ccnc(Sc2nc3ccccc3[nH]2)c1. The van der Waals surface area contributed by atoms with Crippen molar-refractivity contribution in [3.63, 3.8) is 0 Å². The molecule has 0 fully saturated rings.